The molecule has 0 aliphatic carbocycles. The van der Waals surface area contributed by atoms with Crippen LogP contribution in [0.5, 0.6) is 0 Å². The normalized spacial score (nSPS) is 11.3. The van der Waals surface area contributed by atoms with Crippen LogP contribution in [0.4, 0.5) is 18.9 Å². The maximum atomic E-state index is 13.7. The van der Waals surface area contributed by atoms with E-state index < -0.39 is 34.4 Å². The number of hydrogen-bond acceptors (Lipinski definition) is 5. The number of nitriles is 1. The maximum Gasteiger partial charge on any atom is 0.435 e. The molecule has 0 bridgehead atoms. The van der Waals surface area contributed by atoms with Gasteiger partial charge in [0.25, 0.3) is 5.91 Å². The standard InChI is InChI=1S/C21H13F3N6O2/c1-11-15(20(32)27-14-10-26-8-7-13(14)9-25)17(31)19-28-18(21(22,23)24)16(30(19)29-11)12-5-3-2-4-6-12/h2-8,10,29H,1H3,(H,27,32). The minimum absolute atomic E-state index is 0.0192. The second kappa shape index (κ2) is 7.66. The molecule has 2 N–H and O–H groups in total. The van der Waals surface area contributed by atoms with E-state index in [4.69, 9.17) is 5.26 Å². The van der Waals surface area contributed by atoms with E-state index in [1.165, 1.54) is 37.5 Å². The smallest absolute Gasteiger partial charge is 0.319 e. The number of benzene rings is 1. The molecule has 8 nitrogen and oxygen atoms in total. The Morgan fingerprint density at radius 2 is 1.94 bits per heavy atom. The van der Waals surface area contributed by atoms with E-state index >= 15 is 0 Å². The number of fused-ring (bicyclic) bond motifs is 1. The highest BCUT2D eigenvalue weighted by molar-refractivity contribution is 6.06. The molecule has 0 spiro atoms. The van der Waals surface area contributed by atoms with Crippen molar-refractivity contribution >= 4 is 17.2 Å². The van der Waals surface area contributed by atoms with Crippen LogP contribution in [0.2, 0.25) is 0 Å². The number of aryl methyl sites for hydroxylation is 1. The predicted octanol–water partition coefficient (Wildman–Crippen LogP) is 3.54. The zero-order valence-electron chi connectivity index (χ0n) is 16.4. The monoisotopic (exact) mass is 438 g/mol. The lowest BCUT2D eigenvalue weighted by Gasteiger charge is -2.11. The van der Waals surface area contributed by atoms with E-state index in [-0.39, 0.29) is 28.2 Å². The van der Waals surface area contributed by atoms with Gasteiger partial charge in [-0.05, 0) is 13.0 Å². The molecule has 0 radical (unpaired) electrons. The predicted molar refractivity (Wildman–Crippen MR) is 108 cm³/mol. The summed E-state index contributed by atoms with van der Waals surface area (Å²) in [6.07, 6.45) is -2.26. The van der Waals surface area contributed by atoms with E-state index in [1.54, 1.807) is 18.2 Å². The summed E-state index contributed by atoms with van der Waals surface area (Å²) in [5.41, 5.74) is -3.24. The molecule has 3 heterocycles. The lowest BCUT2D eigenvalue weighted by Crippen LogP contribution is -2.26. The number of halogens is 3. The van der Waals surface area contributed by atoms with Gasteiger partial charge in [-0.15, -0.1) is 0 Å². The number of nitrogens with zero attached hydrogens (tertiary/aromatic N) is 4. The number of pyridine rings is 1. The lowest BCUT2D eigenvalue weighted by atomic mass is 10.1. The molecule has 0 aliphatic heterocycles. The molecule has 32 heavy (non-hydrogen) atoms. The molecule has 4 rings (SSSR count). The van der Waals surface area contributed by atoms with Gasteiger partial charge in [-0.2, -0.15) is 18.4 Å². The number of aromatic amines is 1. The summed E-state index contributed by atoms with van der Waals surface area (Å²) in [6, 6.07) is 10.9. The Morgan fingerprint density at radius 3 is 2.59 bits per heavy atom. The number of hydrogen-bond donors (Lipinski definition) is 2. The number of imidazole rings is 1. The quantitative estimate of drug-likeness (QED) is 0.508. The van der Waals surface area contributed by atoms with Crippen LogP contribution in [0, 0.1) is 18.3 Å². The van der Waals surface area contributed by atoms with Crippen molar-refractivity contribution < 1.29 is 18.0 Å². The van der Waals surface area contributed by atoms with Crippen LogP contribution in [0.15, 0.2) is 53.6 Å². The molecule has 1 amide bonds. The Hall–Kier alpha value is -4.46. The van der Waals surface area contributed by atoms with Gasteiger partial charge in [0, 0.05) is 17.5 Å². The zero-order chi connectivity index (χ0) is 23.0. The molecule has 160 valence electrons. The average Bonchev–Trinajstić information content (AvgIpc) is 3.15. The van der Waals surface area contributed by atoms with Gasteiger partial charge in [-0.25, -0.2) is 9.50 Å². The van der Waals surface area contributed by atoms with E-state index in [9.17, 15) is 22.8 Å². The second-order valence-corrected chi connectivity index (χ2v) is 6.76. The highest BCUT2D eigenvalue weighted by Gasteiger charge is 2.39. The summed E-state index contributed by atoms with van der Waals surface area (Å²) in [4.78, 5) is 33.2. The van der Waals surface area contributed by atoms with Crippen molar-refractivity contribution in [1.82, 2.24) is 19.6 Å². The molecule has 0 saturated carbocycles. The minimum atomic E-state index is -4.84. The average molecular weight is 438 g/mol. The van der Waals surface area contributed by atoms with Gasteiger partial charge in [0.05, 0.1) is 17.4 Å². The van der Waals surface area contributed by atoms with Crippen LogP contribution in [-0.2, 0) is 6.18 Å². The second-order valence-electron chi connectivity index (χ2n) is 6.76. The van der Waals surface area contributed by atoms with E-state index in [0.29, 0.717) is 0 Å². The topological polar surface area (TPSA) is 116 Å². The third-order valence-corrected chi connectivity index (χ3v) is 4.69. The number of amides is 1. The molecule has 4 aromatic rings. The highest BCUT2D eigenvalue weighted by atomic mass is 19.4. The zero-order valence-corrected chi connectivity index (χ0v) is 16.4. The van der Waals surface area contributed by atoms with Crippen LogP contribution < -0.4 is 10.7 Å². The molecular formula is C21H13F3N6O2. The van der Waals surface area contributed by atoms with Gasteiger partial charge in [0.2, 0.25) is 11.1 Å². The summed E-state index contributed by atoms with van der Waals surface area (Å²) in [6.45, 7) is 1.38. The van der Waals surface area contributed by atoms with Crippen molar-refractivity contribution in [3.05, 3.63) is 81.5 Å². The number of alkyl halides is 3. The summed E-state index contributed by atoms with van der Waals surface area (Å²) < 4.78 is 42.1. The number of aromatic nitrogens is 4. The fourth-order valence-corrected chi connectivity index (χ4v) is 3.30. The minimum Gasteiger partial charge on any atom is -0.319 e. The number of rotatable bonds is 3. The Labute approximate surface area is 178 Å². The number of H-pyrrole nitrogens is 1. The summed E-state index contributed by atoms with van der Waals surface area (Å²) in [7, 11) is 0. The van der Waals surface area contributed by atoms with Gasteiger partial charge >= 0.3 is 6.18 Å². The van der Waals surface area contributed by atoms with Crippen molar-refractivity contribution in [1.29, 1.82) is 5.26 Å². The Morgan fingerprint density at radius 1 is 1.22 bits per heavy atom. The Bertz CT molecular complexity index is 1450. The van der Waals surface area contributed by atoms with E-state index in [1.807, 2.05) is 6.07 Å². The largest absolute Gasteiger partial charge is 0.435 e. The Balaban J connectivity index is 1.92. The number of carbonyl (C=O) groups excluding carboxylic acids is 1. The molecule has 1 aromatic carbocycles. The summed E-state index contributed by atoms with van der Waals surface area (Å²) in [5, 5.41) is 14.2. The lowest BCUT2D eigenvalue weighted by molar-refractivity contribution is -0.140. The van der Waals surface area contributed by atoms with Crippen molar-refractivity contribution in [2.24, 2.45) is 0 Å². The van der Waals surface area contributed by atoms with Crippen molar-refractivity contribution in [3.8, 4) is 17.3 Å². The molecule has 11 heteroatoms. The third-order valence-electron chi connectivity index (χ3n) is 4.69. The SMILES string of the molecule is Cc1[nH]n2c(-c3ccccc3)c(C(F)(F)F)nc2c(=O)c1C(=O)Nc1cnccc1C#N. The number of nitrogens with one attached hydrogen (secondary N) is 2. The van der Waals surface area contributed by atoms with E-state index in [0.717, 1.165) is 4.52 Å². The summed E-state index contributed by atoms with van der Waals surface area (Å²) in [5.74, 6) is -0.909. The van der Waals surface area contributed by atoms with Crippen molar-refractivity contribution in [3.63, 3.8) is 0 Å². The maximum absolute atomic E-state index is 13.7. The van der Waals surface area contributed by atoms with Crippen LogP contribution >= 0.6 is 0 Å². The molecule has 0 saturated heterocycles. The first-order valence-corrected chi connectivity index (χ1v) is 9.15. The molecule has 0 aliphatic rings. The number of anilines is 1. The summed E-state index contributed by atoms with van der Waals surface area (Å²) >= 11 is 0. The van der Waals surface area contributed by atoms with Gasteiger partial charge in [0.15, 0.2) is 5.69 Å². The molecular weight excluding hydrogens is 425 g/mol. The first kappa shape index (κ1) is 20.8. The van der Waals surface area contributed by atoms with Gasteiger partial charge < -0.3 is 5.32 Å². The molecule has 3 aromatic heterocycles. The third kappa shape index (κ3) is 3.47. The van der Waals surface area contributed by atoms with Crippen LogP contribution in [-0.4, -0.2) is 25.5 Å². The molecule has 0 fully saturated rings. The van der Waals surface area contributed by atoms with Gasteiger partial charge in [-0.3, -0.25) is 19.7 Å². The number of carbonyl (C=O) groups is 1. The van der Waals surface area contributed by atoms with Crippen molar-refractivity contribution in [2.75, 3.05) is 5.32 Å². The molecule has 0 unspecified atom stereocenters. The molecule has 0 atom stereocenters. The van der Waals surface area contributed by atoms with Crippen LogP contribution in [0.3, 0.4) is 0 Å². The first-order chi connectivity index (χ1) is 15.2. The van der Waals surface area contributed by atoms with Crippen molar-refractivity contribution in [2.45, 2.75) is 13.1 Å². The van der Waals surface area contributed by atoms with Crippen LogP contribution in [0.25, 0.3) is 16.9 Å². The fraction of sp³-hybridized carbons (Fsp3) is 0.0952. The highest BCUT2D eigenvalue weighted by Crippen LogP contribution is 2.36. The van der Waals surface area contributed by atoms with Crippen LogP contribution in [0.1, 0.15) is 27.3 Å². The fourth-order valence-electron chi connectivity index (χ4n) is 3.30. The Kier molecular flexibility index (Phi) is 4.98. The van der Waals surface area contributed by atoms with E-state index in [2.05, 4.69) is 20.4 Å². The van der Waals surface area contributed by atoms with Gasteiger partial charge in [0.1, 0.15) is 17.3 Å². The van der Waals surface area contributed by atoms with Gasteiger partial charge in [-0.1, -0.05) is 30.3 Å². The first-order valence-electron chi connectivity index (χ1n) is 9.15.